The number of hydrogen-bond donors (Lipinski definition) is 0. The summed E-state index contributed by atoms with van der Waals surface area (Å²) < 4.78 is 0. The average molecular weight is 1150 g/mol. The number of rotatable bonds is 22. The number of hydrogen-bond acceptors (Lipinski definition) is 8. The third-order valence-electron chi connectivity index (χ3n) is 10.1. The second-order valence-corrected chi connectivity index (χ2v) is 23.1. The third-order valence-corrected chi connectivity index (χ3v) is 19.2. The van der Waals surface area contributed by atoms with E-state index in [1.165, 1.54) is 60.3 Å². The maximum absolute atomic E-state index is 4.63. The number of halogens is 1. The molecule has 0 bridgehead atoms. The van der Waals surface area contributed by atoms with Gasteiger partial charge >= 0.3 is 29.2 Å². The van der Waals surface area contributed by atoms with Gasteiger partial charge in [-0.2, -0.15) is 28.7 Å². The van der Waals surface area contributed by atoms with Crippen LogP contribution in [-0.2, 0) is 20.0 Å². The van der Waals surface area contributed by atoms with Crippen molar-refractivity contribution in [2.24, 2.45) is 0 Å². The van der Waals surface area contributed by atoms with Crippen LogP contribution in [0.5, 0.6) is 0 Å². The van der Waals surface area contributed by atoms with Crippen molar-refractivity contribution in [3.63, 3.8) is 0 Å². The second kappa shape index (κ2) is 31.1. The Balaban J connectivity index is 0.000000210. The van der Waals surface area contributed by atoms with Crippen molar-refractivity contribution in [3.05, 3.63) is 207 Å². The summed E-state index contributed by atoms with van der Waals surface area (Å²) in [4.78, 5) is 37.0. The number of pyridine rings is 8. The molecule has 0 fully saturated rings. The monoisotopic (exact) mass is 1150 g/mol. The normalized spacial score (nSPS) is 11.0. The van der Waals surface area contributed by atoms with Gasteiger partial charge < -0.3 is 0 Å². The van der Waals surface area contributed by atoms with E-state index in [9.17, 15) is 0 Å². The van der Waals surface area contributed by atoms with Crippen LogP contribution in [0, 0.1) is 12.3 Å². The van der Waals surface area contributed by atoms with Crippen molar-refractivity contribution in [1.29, 1.82) is 0 Å². The molecule has 342 valence electrons. The zero-order valence-corrected chi connectivity index (χ0v) is 43.2. The molecule has 8 aromatic heterocycles. The Hall–Kier alpha value is -4.05. The molecule has 0 aliphatic heterocycles. The first-order valence-electron chi connectivity index (χ1n) is 22.0. The maximum Gasteiger partial charge on any atom is 0.0692 e. The van der Waals surface area contributed by atoms with Crippen LogP contribution in [0.1, 0.15) is 51.4 Å². The van der Waals surface area contributed by atoms with Crippen LogP contribution in [0.4, 0.5) is 0 Å². The molecular weight excluding hydrogens is 1090 g/mol. The average Bonchev–Trinajstić information content (AvgIpc) is 3.41. The first-order chi connectivity index (χ1) is 32.8. The molecule has 0 amide bonds. The van der Waals surface area contributed by atoms with Crippen LogP contribution in [0.3, 0.4) is 0 Å². The summed E-state index contributed by atoms with van der Waals surface area (Å²) in [6.45, 7) is 0. The van der Waals surface area contributed by atoms with E-state index >= 15 is 0 Å². The zero-order chi connectivity index (χ0) is 45.7. The molecular formula is C52H54AuClN8P4-2. The fourth-order valence-corrected chi connectivity index (χ4v) is 15.2. The number of nitrogens with zero attached hydrogens (tertiary/aromatic N) is 8. The molecule has 8 nitrogen and oxygen atoms in total. The molecule has 0 saturated heterocycles. The molecule has 14 heteroatoms. The summed E-state index contributed by atoms with van der Waals surface area (Å²) in [6.07, 6.45) is 31.4. The van der Waals surface area contributed by atoms with Gasteiger partial charge in [0, 0.05) is 71.3 Å². The first kappa shape index (κ1) is 51.3. The van der Waals surface area contributed by atoms with Crippen molar-refractivity contribution in [2.45, 2.75) is 51.4 Å². The SMILES string of the molecule is [Cl][Au].c1ccc(P([CH-]CCCCCP(c2ccccn2)c2ccccn2)c2ccccn2)nc1.c1ccc(P([CH-]CCCCCP(c2ccccn2)c2ccccn2)c2ccccn2)nc1. The van der Waals surface area contributed by atoms with Gasteiger partial charge in [0.15, 0.2) is 0 Å². The molecule has 0 unspecified atom stereocenters. The van der Waals surface area contributed by atoms with Gasteiger partial charge in [-0.3, -0.25) is 52.2 Å². The summed E-state index contributed by atoms with van der Waals surface area (Å²) in [5, 5.41) is 0. The van der Waals surface area contributed by atoms with Gasteiger partial charge in [-0.15, -0.1) is 0 Å². The van der Waals surface area contributed by atoms with Gasteiger partial charge in [0.05, 0.1) is 21.7 Å². The molecule has 8 heterocycles. The predicted molar refractivity (Wildman–Crippen MR) is 280 cm³/mol. The van der Waals surface area contributed by atoms with E-state index in [0.717, 1.165) is 46.9 Å². The molecule has 0 N–H and O–H groups in total. The summed E-state index contributed by atoms with van der Waals surface area (Å²) in [5.74, 6) is 0. The fraction of sp³-hybridized carbons (Fsp3) is 0.192. The van der Waals surface area contributed by atoms with Crippen LogP contribution in [0.15, 0.2) is 195 Å². The molecule has 66 heavy (non-hydrogen) atoms. The Kier molecular flexibility index (Phi) is 24.2. The molecule has 8 rings (SSSR count). The molecule has 0 aliphatic rings. The Morgan fingerprint density at radius 3 is 0.742 bits per heavy atom. The van der Waals surface area contributed by atoms with E-state index in [1.807, 2.05) is 98.1 Å². The van der Waals surface area contributed by atoms with Crippen molar-refractivity contribution >= 4 is 84.4 Å². The summed E-state index contributed by atoms with van der Waals surface area (Å²) >= 11 is 1.75. The smallest absolute Gasteiger partial charge is 0.0692 e. The Bertz CT molecular complexity index is 1930. The van der Waals surface area contributed by atoms with E-state index in [4.69, 9.17) is 0 Å². The fourth-order valence-electron chi connectivity index (χ4n) is 6.96. The van der Waals surface area contributed by atoms with Crippen LogP contribution in [0.25, 0.3) is 0 Å². The van der Waals surface area contributed by atoms with E-state index in [1.54, 1.807) is 20.0 Å². The topological polar surface area (TPSA) is 103 Å². The van der Waals surface area contributed by atoms with Gasteiger partial charge in [0.1, 0.15) is 0 Å². The third kappa shape index (κ3) is 17.2. The molecule has 0 aromatic carbocycles. The molecule has 0 radical (unpaired) electrons. The Morgan fingerprint density at radius 2 is 0.530 bits per heavy atom. The first-order valence-corrected chi connectivity index (χ1v) is 30.6. The number of aromatic nitrogens is 8. The van der Waals surface area contributed by atoms with Crippen LogP contribution < -0.4 is 43.5 Å². The van der Waals surface area contributed by atoms with Crippen molar-refractivity contribution in [2.75, 3.05) is 12.3 Å². The standard InChI is InChI=1S/2C26H27N4P2.Au.ClH/c2*1(11-21-31(23-13-3-7-17-27-23)24-14-4-8-18-28-24)2-12-22-32(25-15-5-9-19-29-25)26-16-6-10-20-30-26;;/h2*3-10,13-21H,1-2,11-12,22H2;;1H/q2*-1;+1;/p-1. The van der Waals surface area contributed by atoms with Gasteiger partial charge in [0.2, 0.25) is 0 Å². The largest absolute Gasteiger partial charge is 0.291 e. The molecule has 8 aromatic rings. The van der Waals surface area contributed by atoms with Gasteiger partial charge in [-0.25, -0.2) is 0 Å². The summed E-state index contributed by atoms with van der Waals surface area (Å²) in [6, 6.07) is 49.4. The van der Waals surface area contributed by atoms with Crippen molar-refractivity contribution in [1.82, 2.24) is 39.9 Å². The molecule has 0 spiro atoms. The second-order valence-electron chi connectivity index (χ2n) is 14.6. The molecule has 0 aliphatic carbocycles. The van der Waals surface area contributed by atoms with E-state index in [-0.39, 0.29) is 0 Å². The van der Waals surface area contributed by atoms with E-state index in [0.29, 0.717) is 0 Å². The van der Waals surface area contributed by atoms with Crippen molar-refractivity contribution in [3.8, 4) is 0 Å². The Labute approximate surface area is 412 Å². The minimum Gasteiger partial charge on any atom is -0.291 e. The zero-order valence-electron chi connectivity index (χ0n) is 36.7. The summed E-state index contributed by atoms with van der Waals surface area (Å²) in [7, 11) is 2.33. The minimum absolute atomic E-state index is 0.505. The van der Waals surface area contributed by atoms with Crippen molar-refractivity contribution < 1.29 is 20.0 Å². The van der Waals surface area contributed by atoms with E-state index in [2.05, 4.69) is 158 Å². The number of unbranched alkanes of at least 4 members (excludes halogenated alkanes) is 6. The maximum atomic E-state index is 4.63. The quantitative estimate of drug-likeness (QED) is 0.0286. The van der Waals surface area contributed by atoms with E-state index < -0.39 is 31.7 Å². The Morgan fingerprint density at radius 1 is 0.303 bits per heavy atom. The van der Waals surface area contributed by atoms with Gasteiger partial charge in [0.25, 0.3) is 0 Å². The van der Waals surface area contributed by atoms with Gasteiger partial charge in [-0.05, 0) is 138 Å². The molecule has 0 saturated carbocycles. The summed E-state index contributed by atoms with van der Waals surface area (Å²) in [5.41, 5.74) is 9.15. The minimum atomic E-state index is -0.620. The van der Waals surface area contributed by atoms with Crippen LogP contribution in [-0.4, -0.2) is 52.2 Å². The van der Waals surface area contributed by atoms with Crippen LogP contribution >= 0.6 is 40.9 Å². The predicted octanol–water partition coefficient (Wildman–Crippen LogP) is 9.80. The van der Waals surface area contributed by atoms with Crippen LogP contribution in [0.2, 0.25) is 0 Å². The van der Waals surface area contributed by atoms with Gasteiger partial charge in [-0.1, -0.05) is 74.2 Å². The molecule has 0 atom stereocenters.